The number of hydrogen-bond acceptors (Lipinski definition) is 5. The van der Waals surface area contributed by atoms with E-state index in [4.69, 9.17) is 20.6 Å². The molecular weight excluding hydrogens is 561 g/mol. The van der Waals surface area contributed by atoms with Crippen molar-refractivity contribution in [3.05, 3.63) is 0 Å². The summed E-state index contributed by atoms with van der Waals surface area (Å²) in [7, 11) is -12.0. The fourth-order valence-corrected chi connectivity index (χ4v) is 29.8. The zero-order chi connectivity index (χ0) is 23.1. The maximum Gasteiger partial charge on any atom is 0.316 e. The van der Waals surface area contributed by atoms with Crippen LogP contribution in [0.1, 0.15) is 92.5 Å². The van der Waals surface area contributed by atoms with E-state index in [1.165, 1.54) is 19.3 Å². The molecule has 0 saturated heterocycles. The first-order valence-electron chi connectivity index (χ1n) is 11.3. The first-order chi connectivity index (χ1) is 12.8. The molecule has 0 bridgehead atoms. The fraction of sp³-hybridized carbons (Fsp3) is 1.00. The van der Waals surface area contributed by atoms with Crippen molar-refractivity contribution in [2.24, 2.45) is 0 Å². The Balaban J connectivity index is -0.000000140. The van der Waals surface area contributed by atoms with Gasteiger partial charge in [0, 0.05) is 0 Å². The average Bonchev–Trinajstić information content (AvgIpc) is 2.41. The maximum absolute atomic E-state index is 6.89. The van der Waals surface area contributed by atoms with E-state index in [0.717, 1.165) is 12.1 Å². The summed E-state index contributed by atoms with van der Waals surface area (Å²) in [5.41, 5.74) is 0. The van der Waals surface area contributed by atoms with Crippen LogP contribution in [0.5, 0.6) is 0 Å². The van der Waals surface area contributed by atoms with E-state index >= 15 is 0 Å². The molecule has 0 aliphatic carbocycles. The van der Waals surface area contributed by atoms with Gasteiger partial charge >= 0.3 is 35.0 Å². The van der Waals surface area contributed by atoms with Crippen LogP contribution in [0.2, 0.25) is 84.1 Å². The molecule has 3 atom stereocenters. The van der Waals surface area contributed by atoms with Crippen LogP contribution in [0, 0.1) is 0 Å². The van der Waals surface area contributed by atoms with Crippen LogP contribution < -0.4 is 0 Å². The van der Waals surface area contributed by atoms with Crippen molar-refractivity contribution in [3.63, 3.8) is 0 Å². The third-order valence-corrected chi connectivity index (χ3v) is 25.8. The SMILES string of the molecule is C.C.C.C.C.C.C.C.CCCCC[Si](C)(O[Si](C)(C)C)O[Si](C)(CC)O[SiH](C)O[Si](C)(C)O[Si](C)(C)C. The van der Waals surface area contributed by atoms with Crippen molar-refractivity contribution in [1.82, 2.24) is 0 Å². The summed E-state index contributed by atoms with van der Waals surface area (Å²) in [5, 5.41) is 0. The molecule has 37 heavy (non-hydrogen) atoms. The lowest BCUT2D eigenvalue weighted by molar-refractivity contribution is 0.288. The normalized spacial score (nSPS) is 14.8. The van der Waals surface area contributed by atoms with Crippen LogP contribution in [0.4, 0.5) is 0 Å². The Morgan fingerprint density at radius 2 is 0.919 bits per heavy atom. The first kappa shape index (κ1) is 61.9. The lowest BCUT2D eigenvalue weighted by Crippen LogP contribution is -2.58. The highest BCUT2D eigenvalue weighted by Crippen LogP contribution is 2.29. The summed E-state index contributed by atoms with van der Waals surface area (Å²) < 4.78 is 33.0. The lowest BCUT2D eigenvalue weighted by atomic mass is 10.3. The third-order valence-electron chi connectivity index (χ3n) is 4.25. The number of rotatable bonds is 15. The van der Waals surface area contributed by atoms with E-state index in [2.05, 4.69) is 85.9 Å². The highest BCUT2D eigenvalue weighted by Gasteiger charge is 2.45. The van der Waals surface area contributed by atoms with Gasteiger partial charge in [0.25, 0.3) is 0 Å². The van der Waals surface area contributed by atoms with Gasteiger partial charge in [0.1, 0.15) is 0 Å². The Labute approximate surface area is 248 Å². The van der Waals surface area contributed by atoms with Crippen molar-refractivity contribution in [2.75, 3.05) is 0 Å². The molecular formula is C26H82O5Si6. The van der Waals surface area contributed by atoms with E-state index < -0.39 is 51.6 Å². The van der Waals surface area contributed by atoms with E-state index in [0.29, 0.717) is 0 Å². The smallest absolute Gasteiger partial charge is 0.316 e. The molecule has 0 amide bonds. The molecule has 0 fully saturated rings. The van der Waals surface area contributed by atoms with Crippen molar-refractivity contribution < 1.29 is 20.6 Å². The largest absolute Gasteiger partial charge is 0.437 e. The minimum Gasteiger partial charge on any atom is -0.437 e. The topological polar surface area (TPSA) is 46.2 Å². The van der Waals surface area contributed by atoms with Crippen molar-refractivity contribution in [3.8, 4) is 0 Å². The molecule has 5 nitrogen and oxygen atoms in total. The lowest BCUT2D eigenvalue weighted by Gasteiger charge is -2.42. The van der Waals surface area contributed by atoms with Crippen LogP contribution in [-0.4, -0.2) is 51.6 Å². The minimum atomic E-state index is -2.37. The zero-order valence-corrected chi connectivity index (χ0v) is 27.8. The Kier molecular flexibility index (Phi) is 41.6. The van der Waals surface area contributed by atoms with Crippen molar-refractivity contribution in [2.45, 2.75) is 177 Å². The number of hydrogen-bond donors (Lipinski definition) is 0. The Morgan fingerprint density at radius 1 is 0.514 bits per heavy atom. The van der Waals surface area contributed by atoms with Crippen LogP contribution in [0.3, 0.4) is 0 Å². The first-order valence-corrected chi connectivity index (χ1v) is 28.1. The Bertz CT molecular complexity index is 487. The second kappa shape index (κ2) is 24.9. The molecule has 0 saturated carbocycles. The molecule has 0 aromatic rings. The summed E-state index contributed by atoms with van der Waals surface area (Å²) in [6, 6.07) is 1.96. The second-order valence-corrected chi connectivity index (χ2v) is 33.3. The molecule has 0 spiro atoms. The molecule has 0 aliphatic heterocycles. The average molecular weight is 643 g/mol. The van der Waals surface area contributed by atoms with Crippen molar-refractivity contribution in [1.29, 1.82) is 0 Å². The summed E-state index contributed by atoms with van der Waals surface area (Å²) in [6.07, 6.45) is 3.62. The molecule has 0 radical (unpaired) electrons. The van der Waals surface area contributed by atoms with Crippen LogP contribution in [-0.2, 0) is 20.6 Å². The summed E-state index contributed by atoms with van der Waals surface area (Å²) in [6.45, 7) is 28.7. The monoisotopic (exact) mass is 642 g/mol. The van der Waals surface area contributed by atoms with Crippen LogP contribution in [0.25, 0.3) is 0 Å². The zero-order valence-electron chi connectivity index (χ0n) is 21.7. The van der Waals surface area contributed by atoms with Crippen LogP contribution in [0.15, 0.2) is 0 Å². The molecule has 3 unspecified atom stereocenters. The highest BCUT2D eigenvalue weighted by atomic mass is 28.5. The molecule has 0 heterocycles. The van der Waals surface area contributed by atoms with Gasteiger partial charge in [-0.05, 0) is 84.1 Å². The molecule has 0 N–H and O–H groups in total. The molecule has 0 aromatic carbocycles. The van der Waals surface area contributed by atoms with Gasteiger partial charge < -0.3 is 20.6 Å². The van der Waals surface area contributed by atoms with Gasteiger partial charge in [0.2, 0.25) is 0 Å². The summed E-state index contributed by atoms with van der Waals surface area (Å²) >= 11 is 0. The fourth-order valence-electron chi connectivity index (χ4n) is 3.64. The van der Waals surface area contributed by atoms with Crippen molar-refractivity contribution >= 4 is 51.6 Å². The van der Waals surface area contributed by atoms with E-state index in [-0.39, 0.29) is 59.4 Å². The molecule has 11 heteroatoms. The predicted molar refractivity (Wildman–Crippen MR) is 195 cm³/mol. The summed E-state index contributed by atoms with van der Waals surface area (Å²) in [4.78, 5) is 0. The summed E-state index contributed by atoms with van der Waals surface area (Å²) in [5.74, 6) is 0. The second-order valence-electron chi connectivity index (χ2n) is 10.8. The van der Waals surface area contributed by atoms with Crippen LogP contribution >= 0.6 is 0 Å². The highest BCUT2D eigenvalue weighted by molar-refractivity contribution is 6.89. The van der Waals surface area contributed by atoms with Gasteiger partial charge in [-0.25, -0.2) is 0 Å². The van der Waals surface area contributed by atoms with Gasteiger partial charge in [-0.2, -0.15) is 0 Å². The van der Waals surface area contributed by atoms with E-state index in [1.807, 2.05) is 0 Å². The third kappa shape index (κ3) is 31.5. The molecule has 0 rings (SSSR count). The predicted octanol–water partition coefficient (Wildman–Crippen LogP) is 11.7. The van der Waals surface area contributed by atoms with Gasteiger partial charge in [0.05, 0.1) is 0 Å². The standard InChI is InChI=1S/C18H50O5Si6.8CH4/c1-14-16-17-18-29(13,22-26(7,8)9)23-28(12,15-2)20-24(3)19-27(10,11)21-25(4,5)6;;;;;;;;/h24H,14-18H2,1-13H3;8*1H4. The minimum absolute atomic E-state index is 0. The van der Waals surface area contributed by atoms with E-state index in [9.17, 15) is 0 Å². The van der Waals surface area contributed by atoms with Gasteiger partial charge in [-0.3, -0.25) is 0 Å². The Morgan fingerprint density at radius 3 is 1.24 bits per heavy atom. The van der Waals surface area contributed by atoms with Gasteiger partial charge in [0.15, 0.2) is 16.6 Å². The molecule has 240 valence electrons. The van der Waals surface area contributed by atoms with Gasteiger partial charge in [-0.15, -0.1) is 0 Å². The maximum atomic E-state index is 6.89. The molecule has 0 aromatic heterocycles. The van der Waals surface area contributed by atoms with Gasteiger partial charge in [-0.1, -0.05) is 92.5 Å². The Hall–Kier alpha value is 1.10. The van der Waals surface area contributed by atoms with E-state index in [1.54, 1.807) is 0 Å². The molecule has 0 aliphatic rings. The quantitative estimate of drug-likeness (QED) is 0.131. The number of unbranched alkanes of at least 4 members (excludes halogenated alkanes) is 2.